The Bertz CT molecular complexity index is 747. The van der Waals surface area contributed by atoms with E-state index in [4.69, 9.17) is 5.11 Å². The van der Waals surface area contributed by atoms with Crippen LogP contribution < -0.4 is 10.6 Å². The first-order valence-electron chi connectivity index (χ1n) is 6.72. The number of benzene rings is 1. The molecular weight excluding hydrogens is 306 g/mol. The van der Waals surface area contributed by atoms with E-state index in [2.05, 4.69) is 0 Å². The maximum absolute atomic E-state index is 12.2. The van der Waals surface area contributed by atoms with Gasteiger partial charge >= 0.3 is 16.5 Å². The number of carbonyl (C=O) groups is 1. The Morgan fingerprint density at radius 2 is 1.95 bits per heavy atom. The van der Waals surface area contributed by atoms with Crippen LogP contribution in [0.1, 0.15) is 5.56 Å². The third-order valence-electron chi connectivity index (χ3n) is 3.13. The van der Waals surface area contributed by atoms with Gasteiger partial charge in [-0.25, -0.2) is 13.3 Å². The topological polar surface area (TPSA) is 84.5 Å². The fourth-order valence-corrected chi connectivity index (χ4v) is 2.79. The first-order chi connectivity index (χ1) is 10.5. The van der Waals surface area contributed by atoms with E-state index in [0.29, 0.717) is 13.1 Å². The van der Waals surface area contributed by atoms with Crippen LogP contribution in [-0.2, 0) is 17.9 Å². The van der Waals surface area contributed by atoms with Gasteiger partial charge in [0.25, 0.3) is 0 Å². The lowest BCUT2D eigenvalue weighted by atomic mass is 10.2. The normalized spacial score (nSPS) is 11.0. The molecule has 118 valence electrons. The molecule has 22 heavy (non-hydrogen) atoms. The number of hydrogen-bond donors (Lipinski definition) is 1. The van der Waals surface area contributed by atoms with Crippen LogP contribution in [0.5, 0.6) is 0 Å². The predicted octanol–water partition coefficient (Wildman–Crippen LogP) is 0.136. The lowest BCUT2D eigenvalue weighted by Crippen LogP contribution is -2.33. The van der Waals surface area contributed by atoms with Gasteiger partial charge in [-0.15, -0.1) is 0 Å². The number of carboxylic acids is 1. The Labute approximate surface area is 130 Å². The molecule has 2 aromatic rings. The molecule has 0 saturated heterocycles. The number of hydrogen-bond acceptors (Lipinski definition) is 5. The Balaban J connectivity index is 2.09. The van der Waals surface area contributed by atoms with Crippen molar-refractivity contribution in [1.82, 2.24) is 13.4 Å². The number of aliphatic carboxylic acids is 1. The molecule has 1 N–H and O–H groups in total. The fourth-order valence-electron chi connectivity index (χ4n) is 2.01. The highest BCUT2D eigenvalue weighted by atomic mass is 32.1. The molecule has 0 unspecified atom stereocenters. The van der Waals surface area contributed by atoms with Crippen molar-refractivity contribution in [3.8, 4) is 0 Å². The van der Waals surface area contributed by atoms with Crippen molar-refractivity contribution >= 4 is 17.5 Å². The van der Waals surface area contributed by atoms with Crippen molar-refractivity contribution in [3.63, 3.8) is 0 Å². The quantitative estimate of drug-likeness (QED) is 0.783. The maximum Gasteiger partial charge on any atom is 0.341 e. The van der Waals surface area contributed by atoms with Crippen molar-refractivity contribution in [2.75, 3.05) is 20.1 Å². The van der Waals surface area contributed by atoms with Gasteiger partial charge in [-0.3, -0.25) is 14.5 Å². The van der Waals surface area contributed by atoms with E-state index in [-0.39, 0.29) is 23.7 Å². The zero-order valence-electron chi connectivity index (χ0n) is 12.1. The molecule has 8 heteroatoms. The highest BCUT2D eigenvalue weighted by Gasteiger charge is 2.11. The number of nitrogens with zero attached hydrogens (tertiary/aromatic N) is 3. The van der Waals surface area contributed by atoms with E-state index in [1.807, 2.05) is 30.3 Å². The summed E-state index contributed by atoms with van der Waals surface area (Å²) < 4.78 is 2.56. The molecule has 2 rings (SSSR count). The highest BCUT2D eigenvalue weighted by Crippen LogP contribution is 2.00. The number of carboxylic acid groups (broad SMARTS) is 1. The summed E-state index contributed by atoms with van der Waals surface area (Å²) in [6.07, 6.45) is 0. The molecule has 0 fully saturated rings. The Morgan fingerprint density at radius 1 is 1.27 bits per heavy atom. The summed E-state index contributed by atoms with van der Waals surface area (Å²) in [4.78, 5) is 36.0. The van der Waals surface area contributed by atoms with Gasteiger partial charge in [-0.1, -0.05) is 30.3 Å². The van der Waals surface area contributed by atoms with Crippen molar-refractivity contribution in [2.45, 2.75) is 13.1 Å². The zero-order valence-corrected chi connectivity index (χ0v) is 13.0. The second-order valence-corrected chi connectivity index (χ2v) is 5.92. The second-order valence-electron chi connectivity index (χ2n) is 4.95. The molecule has 0 amide bonds. The SMILES string of the molecule is CN(CCn1sc(=O)n(Cc2ccccc2)c1=O)CC(=O)O. The Morgan fingerprint density at radius 3 is 2.59 bits per heavy atom. The highest BCUT2D eigenvalue weighted by molar-refractivity contribution is 7.03. The summed E-state index contributed by atoms with van der Waals surface area (Å²) in [6, 6.07) is 9.29. The third kappa shape index (κ3) is 4.15. The van der Waals surface area contributed by atoms with Crippen LogP contribution in [0.4, 0.5) is 0 Å². The van der Waals surface area contributed by atoms with Crippen molar-refractivity contribution in [1.29, 1.82) is 0 Å². The van der Waals surface area contributed by atoms with Crippen LogP contribution in [0, 0.1) is 0 Å². The fraction of sp³-hybridized carbons (Fsp3) is 0.357. The van der Waals surface area contributed by atoms with Gasteiger partial charge in [-0.05, 0) is 12.6 Å². The molecule has 0 aliphatic carbocycles. The van der Waals surface area contributed by atoms with Gasteiger partial charge in [0.1, 0.15) is 0 Å². The number of likely N-dealkylation sites (N-methyl/N-ethyl adjacent to an activating group) is 1. The molecule has 0 bridgehead atoms. The van der Waals surface area contributed by atoms with E-state index in [9.17, 15) is 14.4 Å². The monoisotopic (exact) mass is 323 g/mol. The molecule has 0 aliphatic heterocycles. The minimum atomic E-state index is -0.926. The molecular formula is C14H17N3O4S. The van der Waals surface area contributed by atoms with E-state index >= 15 is 0 Å². The van der Waals surface area contributed by atoms with Crippen molar-refractivity contribution < 1.29 is 9.90 Å². The van der Waals surface area contributed by atoms with Crippen molar-refractivity contribution in [3.05, 3.63) is 56.0 Å². The van der Waals surface area contributed by atoms with Crippen LogP contribution in [0.15, 0.2) is 39.9 Å². The van der Waals surface area contributed by atoms with E-state index in [1.165, 1.54) is 8.52 Å². The Kier molecular flexibility index (Phi) is 5.29. The van der Waals surface area contributed by atoms with Gasteiger partial charge in [0.05, 0.1) is 19.6 Å². The zero-order chi connectivity index (χ0) is 16.1. The smallest absolute Gasteiger partial charge is 0.341 e. The largest absolute Gasteiger partial charge is 0.480 e. The molecule has 0 spiro atoms. The molecule has 1 aromatic carbocycles. The number of aromatic nitrogens is 2. The van der Waals surface area contributed by atoms with Gasteiger partial charge in [0, 0.05) is 18.1 Å². The standard InChI is InChI=1S/C14H17N3O4S/c1-15(10-12(18)19)7-8-17-13(20)16(14(21)22-17)9-11-5-3-2-4-6-11/h2-6H,7-10H2,1H3,(H,18,19). The summed E-state index contributed by atoms with van der Waals surface area (Å²) in [5, 5.41) is 8.69. The third-order valence-corrected chi connectivity index (χ3v) is 4.06. The minimum absolute atomic E-state index is 0.103. The molecule has 0 radical (unpaired) electrons. The molecule has 7 nitrogen and oxygen atoms in total. The molecule has 0 saturated carbocycles. The summed E-state index contributed by atoms with van der Waals surface area (Å²) in [5.41, 5.74) is 0.525. The average molecular weight is 323 g/mol. The Hall–Kier alpha value is -2.19. The van der Waals surface area contributed by atoms with Crippen LogP contribution >= 0.6 is 11.5 Å². The summed E-state index contributed by atoms with van der Waals surface area (Å²) in [7, 11) is 1.66. The van der Waals surface area contributed by atoms with E-state index in [1.54, 1.807) is 11.9 Å². The summed E-state index contributed by atoms with van der Waals surface area (Å²) in [6.45, 7) is 0.823. The second kappa shape index (κ2) is 7.19. The lowest BCUT2D eigenvalue weighted by Gasteiger charge is -2.12. The molecule has 1 heterocycles. The first-order valence-corrected chi connectivity index (χ1v) is 7.50. The lowest BCUT2D eigenvalue weighted by molar-refractivity contribution is -0.138. The van der Waals surface area contributed by atoms with Crippen molar-refractivity contribution in [2.24, 2.45) is 0 Å². The molecule has 1 aromatic heterocycles. The summed E-state index contributed by atoms with van der Waals surface area (Å²) in [5.74, 6) is -0.926. The summed E-state index contributed by atoms with van der Waals surface area (Å²) >= 11 is 0.859. The van der Waals surface area contributed by atoms with Gasteiger partial charge in [0.2, 0.25) is 0 Å². The average Bonchev–Trinajstić information content (AvgIpc) is 2.73. The van der Waals surface area contributed by atoms with Crippen LogP contribution in [-0.4, -0.2) is 44.6 Å². The van der Waals surface area contributed by atoms with Crippen LogP contribution in [0.25, 0.3) is 0 Å². The maximum atomic E-state index is 12.2. The van der Waals surface area contributed by atoms with Crippen LogP contribution in [0.2, 0.25) is 0 Å². The molecule has 0 atom stereocenters. The van der Waals surface area contributed by atoms with Gasteiger partial charge in [-0.2, -0.15) is 0 Å². The minimum Gasteiger partial charge on any atom is -0.480 e. The first kappa shape index (κ1) is 16.2. The van der Waals surface area contributed by atoms with E-state index < -0.39 is 5.97 Å². The van der Waals surface area contributed by atoms with Crippen LogP contribution in [0.3, 0.4) is 0 Å². The molecule has 0 aliphatic rings. The predicted molar refractivity (Wildman–Crippen MR) is 83.5 cm³/mol. The van der Waals surface area contributed by atoms with Gasteiger partial charge < -0.3 is 5.11 Å². The van der Waals surface area contributed by atoms with Gasteiger partial charge in [0.15, 0.2) is 0 Å². The van der Waals surface area contributed by atoms with E-state index in [0.717, 1.165) is 17.1 Å². The number of rotatable bonds is 7.